The van der Waals surface area contributed by atoms with Crippen molar-refractivity contribution >= 4 is 22.9 Å². The molecule has 1 aromatic carbocycles. The van der Waals surface area contributed by atoms with Gasteiger partial charge in [0.15, 0.2) is 0 Å². The van der Waals surface area contributed by atoms with Gasteiger partial charge in [0.1, 0.15) is 5.76 Å². The summed E-state index contributed by atoms with van der Waals surface area (Å²) in [6.45, 7) is 2.05. The van der Waals surface area contributed by atoms with Gasteiger partial charge in [0.05, 0.1) is 12.7 Å². The minimum atomic E-state index is -0.115. The second-order valence-corrected chi connectivity index (χ2v) is 4.01. The monoisotopic (exact) mass is 232 g/mol. The van der Waals surface area contributed by atoms with E-state index in [0.717, 1.165) is 24.1 Å². The molecule has 3 N–H and O–H groups in total. The van der Waals surface area contributed by atoms with Crippen molar-refractivity contribution in [2.24, 2.45) is 0 Å². The van der Waals surface area contributed by atoms with E-state index in [1.54, 1.807) is 19.2 Å². The molecule has 0 saturated carbocycles. The molecule has 1 aliphatic rings. The Morgan fingerprint density at radius 2 is 2.24 bits per heavy atom. The number of fused-ring (bicyclic) bond motifs is 1. The van der Waals surface area contributed by atoms with Crippen LogP contribution in [0.5, 0.6) is 0 Å². The maximum Gasteiger partial charge on any atom is 0.259 e. The highest BCUT2D eigenvalue weighted by Gasteiger charge is 2.27. The SMILES string of the molecule is CCC/C(OC)=C1/C(=O)Nc2ccc(N)cc21. The fourth-order valence-electron chi connectivity index (χ4n) is 2.02. The van der Waals surface area contributed by atoms with Crippen LogP contribution in [0.2, 0.25) is 0 Å². The maximum absolute atomic E-state index is 11.9. The van der Waals surface area contributed by atoms with E-state index in [1.165, 1.54) is 0 Å². The number of allylic oxidation sites excluding steroid dienone is 1. The van der Waals surface area contributed by atoms with E-state index in [9.17, 15) is 4.79 Å². The van der Waals surface area contributed by atoms with Crippen LogP contribution in [0.1, 0.15) is 25.3 Å². The van der Waals surface area contributed by atoms with E-state index in [4.69, 9.17) is 10.5 Å². The summed E-state index contributed by atoms with van der Waals surface area (Å²) < 4.78 is 5.32. The quantitative estimate of drug-likeness (QED) is 0.477. The average molecular weight is 232 g/mol. The van der Waals surface area contributed by atoms with Gasteiger partial charge in [0.25, 0.3) is 5.91 Å². The predicted octanol–water partition coefficient (Wildman–Crippen LogP) is 2.38. The molecule has 0 aromatic heterocycles. The molecule has 0 unspecified atom stereocenters. The molecule has 1 aromatic rings. The van der Waals surface area contributed by atoms with Crippen LogP contribution in [0.15, 0.2) is 24.0 Å². The van der Waals surface area contributed by atoms with Crippen LogP contribution >= 0.6 is 0 Å². The number of nitrogen functional groups attached to an aromatic ring is 1. The molecule has 0 saturated heterocycles. The number of hydrogen-bond acceptors (Lipinski definition) is 3. The zero-order valence-electron chi connectivity index (χ0n) is 10.0. The number of hydrogen-bond donors (Lipinski definition) is 2. The average Bonchev–Trinajstić information content (AvgIpc) is 2.62. The maximum atomic E-state index is 11.9. The van der Waals surface area contributed by atoms with Crippen LogP contribution < -0.4 is 11.1 Å². The Kier molecular flexibility index (Phi) is 3.04. The minimum Gasteiger partial charge on any atom is -0.500 e. The number of methoxy groups -OCH3 is 1. The van der Waals surface area contributed by atoms with E-state index in [-0.39, 0.29) is 5.91 Å². The van der Waals surface area contributed by atoms with Crippen molar-refractivity contribution < 1.29 is 9.53 Å². The van der Waals surface area contributed by atoms with Gasteiger partial charge in [0.2, 0.25) is 0 Å². The molecule has 1 heterocycles. The Labute approximate surface area is 100 Å². The summed E-state index contributed by atoms with van der Waals surface area (Å²) in [6.07, 6.45) is 1.67. The first-order chi connectivity index (χ1) is 8.17. The standard InChI is InChI=1S/C13H16N2O2/c1-3-4-11(17-2)12-9-7-8(14)5-6-10(9)15-13(12)16/h5-7H,3-4,14H2,1-2H3,(H,15,16)/b12-11-. The third kappa shape index (κ3) is 1.98. The molecular formula is C13H16N2O2. The van der Waals surface area contributed by atoms with Crippen LogP contribution in [0.4, 0.5) is 11.4 Å². The predicted molar refractivity (Wildman–Crippen MR) is 68.3 cm³/mol. The zero-order valence-corrected chi connectivity index (χ0v) is 10.0. The van der Waals surface area contributed by atoms with Gasteiger partial charge in [-0.25, -0.2) is 0 Å². The molecule has 2 rings (SSSR count). The Bertz CT molecular complexity index is 492. The Balaban J connectivity index is 2.56. The van der Waals surface area contributed by atoms with Crippen LogP contribution in [0, 0.1) is 0 Å². The first kappa shape index (κ1) is 11.5. The van der Waals surface area contributed by atoms with E-state index >= 15 is 0 Å². The molecule has 4 heteroatoms. The van der Waals surface area contributed by atoms with E-state index in [0.29, 0.717) is 17.0 Å². The molecule has 17 heavy (non-hydrogen) atoms. The number of anilines is 2. The van der Waals surface area contributed by atoms with Crippen molar-refractivity contribution in [2.45, 2.75) is 19.8 Å². The number of rotatable bonds is 3. The third-order valence-electron chi connectivity index (χ3n) is 2.79. The van der Waals surface area contributed by atoms with E-state index < -0.39 is 0 Å². The molecule has 90 valence electrons. The minimum absolute atomic E-state index is 0.115. The Hall–Kier alpha value is -1.97. The van der Waals surface area contributed by atoms with Gasteiger partial charge in [-0.05, 0) is 24.6 Å². The largest absolute Gasteiger partial charge is 0.500 e. The number of nitrogens with one attached hydrogen (secondary N) is 1. The molecule has 0 radical (unpaired) electrons. The van der Waals surface area contributed by atoms with Crippen LogP contribution in [-0.2, 0) is 9.53 Å². The van der Waals surface area contributed by atoms with Crippen molar-refractivity contribution in [1.29, 1.82) is 0 Å². The molecule has 0 fully saturated rings. The highest BCUT2D eigenvalue weighted by molar-refractivity contribution is 6.32. The lowest BCUT2D eigenvalue weighted by molar-refractivity contribution is -0.111. The van der Waals surface area contributed by atoms with Crippen molar-refractivity contribution in [3.63, 3.8) is 0 Å². The second kappa shape index (κ2) is 4.49. The highest BCUT2D eigenvalue weighted by atomic mass is 16.5. The zero-order chi connectivity index (χ0) is 12.4. The summed E-state index contributed by atoms with van der Waals surface area (Å²) in [5.41, 5.74) is 8.63. The molecule has 0 spiro atoms. The van der Waals surface area contributed by atoms with Crippen LogP contribution in [0.3, 0.4) is 0 Å². The molecule has 1 aliphatic heterocycles. The molecule has 1 amide bonds. The van der Waals surface area contributed by atoms with Gasteiger partial charge < -0.3 is 15.8 Å². The fourth-order valence-corrected chi connectivity index (χ4v) is 2.02. The molecular weight excluding hydrogens is 216 g/mol. The smallest absolute Gasteiger partial charge is 0.259 e. The van der Waals surface area contributed by atoms with Gasteiger partial charge in [0, 0.05) is 23.4 Å². The Morgan fingerprint density at radius 1 is 1.47 bits per heavy atom. The molecule has 0 atom stereocenters. The van der Waals surface area contributed by atoms with Gasteiger partial charge in [-0.1, -0.05) is 6.92 Å². The van der Waals surface area contributed by atoms with E-state index in [2.05, 4.69) is 5.32 Å². The first-order valence-corrected chi connectivity index (χ1v) is 5.65. The molecule has 4 nitrogen and oxygen atoms in total. The van der Waals surface area contributed by atoms with Crippen LogP contribution in [-0.4, -0.2) is 13.0 Å². The summed E-state index contributed by atoms with van der Waals surface area (Å²) in [4.78, 5) is 11.9. The third-order valence-corrected chi connectivity index (χ3v) is 2.79. The summed E-state index contributed by atoms with van der Waals surface area (Å²) in [5.74, 6) is 0.602. The lowest BCUT2D eigenvalue weighted by Gasteiger charge is -2.08. The lowest BCUT2D eigenvalue weighted by Crippen LogP contribution is -2.07. The summed E-state index contributed by atoms with van der Waals surface area (Å²) in [6, 6.07) is 5.39. The van der Waals surface area contributed by atoms with Crippen molar-refractivity contribution in [3.8, 4) is 0 Å². The number of benzene rings is 1. The number of amides is 1. The Morgan fingerprint density at radius 3 is 2.88 bits per heavy atom. The van der Waals surface area contributed by atoms with Gasteiger partial charge >= 0.3 is 0 Å². The fraction of sp³-hybridized carbons (Fsp3) is 0.308. The van der Waals surface area contributed by atoms with E-state index in [1.807, 2.05) is 13.0 Å². The molecule has 0 aliphatic carbocycles. The van der Waals surface area contributed by atoms with Crippen molar-refractivity contribution in [3.05, 3.63) is 29.5 Å². The summed E-state index contributed by atoms with van der Waals surface area (Å²) >= 11 is 0. The topological polar surface area (TPSA) is 64.3 Å². The first-order valence-electron chi connectivity index (χ1n) is 5.65. The lowest BCUT2D eigenvalue weighted by atomic mass is 10.0. The van der Waals surface area contributed by atoms with Gasteiger partial charge in [-0.3, -0.25) is 4.79 Å². The number of carbonyl (C=O) groups excluding carboxylic acids is 1. The van der Waals surface area contributed by atoms with Crippen LogP contribution in [0.25, 0.3) is 5.57 Å². The second-order valence-electron chi connectivity index (χ2n) is 4.01. The van der Waals surface area contributed by atoms with Gasteiger partial charge in [-0.2, -0.15) is 0 Å². The highest BCUT2D eigenvalue weighted by Crippen LogP contribution is 2.36. The van der Waals surface area contributed by atoms with Crippen molar-refractivity contribution in [1.82, 2.24) is 0 Å². The molecule has 0 bridgehead atoms. The number of nitrogens with two attached hydrogens (primary N) is 1. The number of ether oxygens (including phenoxy) is 1. The summed E-state index contributed by atoms with van der Waals surface area (Å²) in [5, 5.41) is 2.82. The number of carbonyl (C=O) groups is 1. The van der Waals surface area contributed by atoms with Crippen molar-refractivity contribution in [2.75, 3.05) is 18.2 Å². The normalized spacial score (nSPS) is 16.5. The van der Waals surface area contributed by atoms with Gasteiger partial charge in [-0.15, -0.1) is 0 Å². The summed E-state index contributed by atoms with van der Waals surface area (Å²) in [7, 11) is 1.59.